The van der Waals surface area contributed by atoms with E-state index in [1.54, 1.807) is 6.08 Å². The highest BCUT2D eigenvalue weighted by atomic mass is 35.5. The number of carboxylic acid groups (broad SMARTS) is 1. The molecule has 0 aliphatic heterocycles. The van der Waals surface area contributed by atoms with E-state index in [1.807, 2.05) is 13.8 Å². The fraction of sp³-hybridized carbons (Fsp3) is 0.667. The number of carboxylic acids is 1. The van der Waals surface area contributed by atoms with Gasteiger partial charge in [-0.15, -0.1) is 0 Å². The summed E-state index contributed by atoms with van der Waals surface area (Å²) in [6.45, 7) is 3.89. The van der Waals surface area contributed by atoms with Crippen LogP contribution in [0.5, 0.6) is 0 Å². The van der Waals surface area contributed by atoms with E-state index >= 15 is 0 Å². The summed E-state index contributed by atoms with van der Waals surface area (Å²) in [5, 5.41) is 8.94. The zero-order chi connectivity index (χ0) is 10.2. The Balaban J connectivity index is 2.74. The minimum absolute atomic E-state index is 0.0162. The predicted octanol–water partition coefficient (Wildman–Crippen LogP) is 3.05. The van der Waals surface area contributed by atoms with E-state index < -0.39 is 5.97 Å². The summed E-state index contributed by atoms with van der Waals surface area (Å²) in [4.78, 5) is 10.9. The Hall–Kier alpha value is -0.210. The molecule has 2 unspecified atom stereocenters. The maximum atomic E-state index is 10.9. The molecule has 2 nitrogen and oxygen atoms in total. The Bertz CT molecular complexity index is 254. The summed E-state index contributed by atoms with van der Waals surface area (Å²) in [5.41, 5.74) is -0.143. The van der Waals surface area contributed by atoms with E-state index in [0.29, 0.717) is 0 Å². The van der Waals surface area contributed by atoms with Gasteiger partial charge in [0.1, 0.15) is 4.49 Å². The molecular weight excluding hydrogens is 211 g/mol. The van der Waals surface area contributed by atoms with E-state index in [9.17, 15) is 4.79 Å². The Labute approximate surface area is 87.5 Å². The first-order chi connectivity index (χ1) is 5.84. The van der Waals surface area contributed by atoms with Crippen molar-refractivity contribution in [3.05, 3.63) is 10.6 Å². The zero-order valence-electron chi connectivity index (χ0n) is 7.55. The van der Waals surface area contributed by atoms with Crippen LogP contribution in [-0.2, 0) is 4.79 Å². The van der Waals surface area contributed by atoms with Gasteiger partial charge in [0.15, 0.2) is 0 Å². The number of carbonyl (C=O) groups is 1. The molecule has 1 saturated carbocycles. The molecule has 0 amide bonds. The third-order valence-corrected chi connectivity index (χ3v) is 2.89. The van der Waals surface area contributed by atoms with Crippen molar-refractivity contribution in [3.8, 4) is 0 Å². The predicted molar refractivity (Wildman–Crippen MR) is 52.8 cm³/mol. The lowest BCUT2D eigenvalue weighted by atomic mass is 9.55. The number of hydrogen-bond acceptors (Lipinski definition) is 1. The molecule has 0 aromatic carbocycles. The number of rotatable bonds is 2. The second-order valence-electron chi connectivity index (χ2n) is 4.13. The van der Waals surface area contributed by atoms with Crippen LogP contribution in [-0.4, -0.2) is 11.1 Å². The summed E-state index contributed by atoms with van der Waals surface area (Å²) >= 11 is 11.0. The highest BCUT2D eigenvalue weighted by Crippen LogP contribution is 2.51. The van der Waals surface area contributed by atoms with Crippen molar-refractivity contribution in [2.24, 2.45) is 17.3 Å². The van der Waals surface area contributed by atoms with Crippen LogP contribution in [0.15, 0.2) is 10.6 Å². The Morgan fingerprint density at radius 1 is 1.54 bits per heavy atom. The van der Waals surface area contributed by atoms with Gasteiger partial charge >= 0.3 is 5.97 Å². The van der Waals surface area contributed by atoms with Gasteiger partial charge in [0, 0.05) is 0 Å². The minimum atomic E-state index is -0.771. The van der Waals surface area contributed by atoms with E-state index in [0.717, 1.165) is 6.42 Å². The first-order valence-electron chi connectivity index (χ1n) is 4.10. The smallest absolute Gasteiger partial charge is 0.307 e. The standard InChI is InChI=1S/C9H12Cl2O2/c1-9(2)4-5(3-6(10)11)7(9)8(12)13/h3,5,7H,4H2,1-2H3,(H,12,13). The van der Waals surface area contributed by atoms with E-state index in [4.69, 9.17) is 28.3 Å². The third-order valence-electron chi connectivity index (χ3n) is 2.64. The molecule has 0 spiro atoms. The van der Waals surface area contributed by atoms with Crippen molar-refractivity contribution < 1.29 is 9.90 Å². The summed E-state index contributed by atoms with van der Waals surface area (Å²) in [5.74, 6) is -1.15. The molecule has 2 atom stereocenters. The average Bonchev–Trinajstić information content (AvgIpc) is 1.80. The number of aliphatic carboxylic acids is 1. The molecule has 0 aromatic heterocycles. The molecular formula is C9H12Cl2O2. The maximum Gasteiger partial charge on any atom is 0.307 e. The van der Waals surface area contributed by atoms with Crippen LogP contribution in [0, 0.1) is 17.3 Å². The van der Waals surface area contributed by atoms with E-state index in [2.05, 4.69) is 0 Å². The molecule has 0 radical (unpaired) electrons. The summed E-state index contributed by atoms with van der Waals surface area (Å²) < 4.78 is 0.159. The fourth-order valence-corrected chi connectivity index (χ4v) is 2.43. The molecule has 4 heteroatoms. The Kier molecular flexibility index (Phi) is 2.93. The second kappa shape index (κ2) is 3.50. The van der Waals surface area contributed by atoms with Gasteiger partial charge in [0.2, 0.25) is 0 Å². The molecule has 1 N–H and O–H groups in total. The van der Waals surface area contributed by atoms with Crippen molar-refractivity contribution in [1.82, 2.24) is 0 Å². The topological polar surface area (TPSA) is 37.3 Å². The lowest BCUT2D eigenvalue weighted by Gasteiger charge is -2.47. The minimum Gasteiger partial charge on any atom is -0.481 e. The lowest BCUT2D eigenvalue weighted by molar-refractivity contribution is -0.156. The molecule has 0 heterocycles. The number of allylic oxidation sites excluding steroid dienone is 1. The normalized spacial score (nSPS) is 30.5. The van der Waals surface area contributed by atoms with Gasteiger partial charge < -0.3 is 5.11 Å². The largest absolute Gasteiger partial charge is 0.481 e. The van der Waals surface area contributed by atoms with Crippen LogP contribution < -0.4 is 0 Å². The molecule has 0 aromatic rings. The second-order valence-corrected chi connectivity index (χ2v) is 5.14. The van der Waals surface area contributed by atoms with Crippen LogP contribution in [0.25, 0.3) is 0 Å². The lowest BCUT2D eigenvalue weighted by Crippen LogP contribution is -2.47. The molecule has 13 heavy (non-hydrogen) atoms. The molecule has 74 valence electrons. The maximum absolute atomic E-state index is 10.9. The molecule has 1 rings (SSSR count). The van der Waals surface area contributed by atoms with Gasteiger partial charge in [-0.3, -0.25) is 4.79 Å². The van der Waals surface area contributed by atoms with Crippen molar-refractivity contribution in [2.75, 3.05) is 0 Å². The Morgan fingerprint density at radius 2 is 2.08 bits per heavy atom. The molecule has 1 aliphatic rings. The highest BCUT2D eigenvalue weighted by molar-refractivity contribution is 6.55. The van der Waals surface area contributed by atoms with Crippen LogP contribution in [0.1, 0.15) is 20.3 Å². The van der Waals surface area contributed by atoms with Crippen LogP contribution in [0.3, 0.4) is 0 Å². The Morgan fingerprint density at radius 3 is 2.38 bits per heavy atom. The number of halogens is 2. The van der Waals surface area contributed by atoms with Crippen LogP contribution in [0.2, 0.25) is 0 Å². The number of hydrogen-bond donors (Lipinski definition) is 1. The summed E-state index contributed by atoms with van der Waals surface area (Å²) in [7, 11) is 0. The van der Waals surface area contributed by atoms with Gasteiger partial charge in [0.25, 0.3) is 0 Å². The molecule has 1 fully saturated rings. The van der Waals surface area contributed by atoms with Gasteiger partial charge in [0.05, 0.1) is 5.92 Å². The van der Waals surface area contributed by atoms with Crippen LogP contribution >= 0.6 is 23.2 Å². The summed E-state index contributed by atoms with van der Waals surface area (Å²) in [6.07, 6.45) is 2.44. The van der Waals surface area contributed by atoms with Crippen molar-refractivity contribution >= 4 is 29.2 Å². The third kappa shape index (κ3) is 2.18. The first kappa shape index (κ1) is 10.9. The molecule has 1 aliphatic carbocycles. The molecule has 0 saturated heterocycles. The average molecular weight is 223 g/mol. The van der Waals surface area contributed by atoms with Crippen molar-refractivity contribution in [2.45, 2.75) is 20.3 Å². The zero-order valence-corrected chi connectivity index (χ0v) is 9.06. The SMILES string of the molecule is CC1(C)CC(C=C(Cl)Cl)C1C(=O)O. The quantitative estimate of drug-likeness (QED) is 0.781. The molecule has 0 bridgehead atoms. The van der Waals surface area contributed by atoms with E-state index in [1.165, 1.54) is 0 Å². The van der Waals surface area contributed by atoms with Gasteiger partial charge in [-0.05, 0) is 17.8 Å². The summed E-state index contributed by atoms with van der Waals surface area (Å²) in [6, 6.07) is 0. The van der Waals surface area contributed by atoms with Crippen molar-refractivity contribution in [3.63, 3.8) is 0 Å². The highest BCUT2D eigenvalue weighted by Gasteiger charge is 2.50. The monoisotopic (exact) mass is 222 g/mol. The van der Waals surface area contributed by atoms with Gasteiger partial charge in [-0.25, -0.2) is 0 Å². The van der Waals surface area contributed by atoms with Crippen LogP contribution in [0.4, 0.5) is 0 Å². The van der Waals surface area contributed by atoms with E-state index in [-0.39, 0.29) is 21.7 Å². The van der Waals surface area contributed by atoms with Crippen molar-refractivity contribution in [1.29, 1.82) is 0 Å². The first-order valence-corrected chi connectivity index (χ1v) is 4.86. The fourth-order valence-electron chi connectivity index (χ4n) is 2.11. The van der Waals surface area contributed by atoms with Gasteiger partial charge in [-0.1, -0.05) is 43.1 Å². The van der Waals surface area contributed by atoms with Gasteiger partial charge in [-0.2, -0.15) is 0 Å².